The van der Waals surface area contributed by atoms with Gasteiger partial charge in [0.2, 0.25) is 0 Å². The van der Waals surface area contributed by atoms with Crippen molar-refractivity contribution in [1.82, 2.24) is 0 Å². The van der Waals surface area contributed by atoms with Gasteiger partial charge >= 0.3 is 5.97 Å². The van der Waals surface area contributed by atoms with Crippen molar-refractivity contribution in [2.75, 3.05) is 39.3 Å². The fraction of sp³-hybridized carbons (Fsp3) is 0.960. The minimum Gasteiger partial charge on any atom is -0.462 e. The van der Waals surface area contributed by atoms with Crippen LogP contribution in [0.4, 0.5) is 0 Å². The molecule has 2 aliphatic carbocycles. The zero-order valence-electron chi connectivity index (χ0n) is 18.9. The fourth-order valence-electron chi connectivity index (χ4n) is 8.55. The number of fused-ring (bicyclic) bond motifs is 3. The fourth-order valence-corrected chi connectivity index (χ4v) is 8.55. The summed E-state index contributed by atoms with van der Waals surface area (Å²) >= 11 is 0. The van der Waals surface area contributed by atoms with E-state index in [1.807, 2.05) is 4.90 Å². The molecule has 6 atom stereocenters. The Bertz CT molecular complexity index is 665. The molecule has 0 amide bonds. The Labute approximate surface area is 181 Å². The maximum absolute atomic E-state index is 12.9. The molecule has 2 saturated carbocycles. The van der Waals surface area contributed by atoms with E-state index in [-0.39, 0.29) is 23.6 Å². The van der Waals surface area contributed by atoms with E-state index < -0.39 is 0 Å². The van der Waals surface area contributed by atoms with E-state index in [0.29, 0.717) is 17.3 Å². The molecule has 6 rings (SSSR count). The van der Waals surface area contributed by atoms with Crippen molar-refractivity contribution >= 4 is 5.97 Å². The van der Waals surface area contributed by atoms with Gasteiger partial charge in [0, 0.05) is 18.8 Å². The van der Waals surface area contributed by atoms with Crippen LogP contribution in [0.1, 0.15) is 71.1 Å². The number of hydrogen-bond acceptors (Lipinski definition) is 3. The number of hydrogen-bond donors (Lipinski definition) is 2. The van der Waals surface area contributed by atoms with Crippen LogP contribution in [-0.2, 0) is 14.3 Å². The van der Waals surface area contributed by atoms with Crippen LogP contribution in [0.25, 0.3) is 0 Å². The molecule has 168 valence electrons. The molecule has 6 fully saturated rings. The first-order chi connectivity index (χ1) is 14.6. The van der Waals surface area contributed by atoms with Gasteiger partial charge in [0.1, 0.15) is 12.0 Å². The second-order valence-corrected chi connectivity index (χ2v) is 12.0. The van der Waals surface area contributed by atoms with E-state index in [1.54, 1.807) is 4.90 Å². The maximum atomic E-state index is 12.9. The van der Waals surface area contributed by atoms with Crippen molar-refractivity contribution in [1.29, 1.82) is 0 Å². The highest BCUT2D eigenvalue weighted by atomic mass is 16.6. The van der Waals surface area contributed by atoms with Crippen molar-refractivity contribution < 1.29 is 24.1 Å². The van der Waals surface area contributed by atoms with Crippen LogP contribution >= 0.6 is 0 Å². The lowest BCUT2D eigenvalue weighted by molar-refractivity contribution is -0.961. The first kappa shape index (κ1) is 20.0. The largest absolute Gasteiger partial charge is 0.462 e. The van der Waals surface area contributed by atoms with Gasteiger partial charge in [-0.2, -0.15) is 0 Å². The molecule has 0 radical (unpaired) electrons. The Morgan fingerprint density at radius 1 is 1.03 bits per heavy atom. The molecule has 1 spiro atoms. The van der Waals surface area contributed by atoms with Gasteiger partial charge in [-0.15, -0.1) is 0 Å². The van der Waals surface area contributed by atoms with Gasteiger partial charge in [0.05, 0.1) is 51.0 Å². The Hall–Kier alpha value is -0.650. The molecule has 0 bridgehead atoms. The highest BCUT2D eigenvalue weighted by Gasteiger charge is 2.65. The average Bonchev–Trinajstić information content (AvgIpc) is 3.46. The molecule has 6 aliphatic rings. The molecular formula is C25H42N2O3+2. The molecule has 2 N–H and O–H groups in total. The second kappa shape index (κ2) is 7.45. The summed E-state index contributed by atoms with van der Waals surface area (Å²) in [4.78, 5) is 16.5. The number of likely N-dealkylation sites (tertiary alicyclic amines) is 2. The summed E-state index contributed by atoms with van der Waals surface area (Å²) in [7, 11) is 0. The number of carbonyl (C=O) groups excluding carboxylic acids is 1. The normalized spacial score (nSPS) is 51.3. The summed E-state index contributed by atoms with van der Waals surface area (Å²) in [5.74, 6) is 1.33. The van der Waals surface area contributed by atoms with Gasteiger partial charge in [0.15, 0.2) is 0 Å². The van der Waals surface area contributed by atoms with E-state index in [1.165, 1.54) is 77.5 Å². The minimum atomic E-state index is 0.120. The molecule has 0 aromatic heterocycles. The van der Waals surface area contributed by atoms with Crippen LogP contribution < -0.4 is 9.80 Å². The zero-order chi connectivity index (χ0) is 20.3. The van der Waals surface area contributed by atoms with Crippen molar-refractivity contribution in [2.24, 2.45) is 23.2 Å². The number of rotatable bonds is 3. The van der Waals surface area contributed by atoms with Gasteiger partial charge in [-0.3, -0.25) is 4.79 Å². The van der Waals surface area contributed by atoms with Gasteiger partial charge < -0.3 is 19.3 Å². The van der Waals surface area contributed by atoms with Crippen LogP contribution in [-0.4, -0.2) is 63.0 Å². The van der Waals surface area contributed by atoms with Crippen LogP contribution in [0.3, 0.4) is 0 Å². The number of piperidine rings is 2. The van der Waals surface area contributed by atoms with Crippen molar-refractivity contribution in [2.45, 2.75) is 88.9 Å². The maximum Gasteiger partial charge on any atom is 0.315 e. The van der Waals surface area contributed by atoms with Crippen LogP contribution in [0.2, 0.25) is 0 Å². The second-order valence-electron chi connectivity index (χ2n) is 12.0. The molecule has 0 aromatic carbocycles. The van der Waals surface area contributed by atoms with Crippen molar-refractivity contribution in [3.63, 3.8) is 0 Å². The zero-order valence-corrected chi connectivity index (χ0v) is 18.9. The number of epoxide rings is 1. The predicted octanol–water partition coefficient (Wildman–Crippen LogP) is 0.630. The van der Waals surface area contributed by atoms with Gasteiger partial charge in [-0.05, 0) is 62.7 Å². The van der Waals surface area contributed by atoms with E-state index in [2.05, 4.69) is 6.92 Å². The number of nitrogens with one attached hydrogen (secondary N) is 2. The van der Waals surface area contributed by atoms with Gasteiger partial charge in [-0.25, -0.2) is 0 Å². The average molecular weight is 419 g/mol. The first-order valence-electron chi connectivity index (χ1n) is 13.1. The summed E-state index contributed by atoms with van der Waals surface area (Å²) < 4.78 is 12.1. The molecule has 4 heterocycles. The molecule has 4 aliphatic heterocycles. The third kappa shape index (κ3) is 3.34. The Morgan fingerprint density at radius 2 is 1.80 bits per heavy atom. The summed E-state index contributed by atoms with van der Waals surface area (Å²) in [6.07, 6.45) is 13.2. The van der Waals surface area contributed by atoms with E-state index in [0.717, 1.165) is 32.0 Å². The molecule has 0 aromatic rings. The third-order valence-corrected chi connectivity index (χ3v) is 10.4. The monoisotopic (exact) mass is 418 g/mol. The molecule has 0 unspecified atom stereocenters. The Balaban J connectivity index is 1.10. The SMILES string of the molecule is C[C@]12CCC[C@@]3(CO3)[C@H]1C[C@H]1[C@@H](C2)OC(=O)[C@@H]1C[NH+]1CCC([NH+]2CCCCC2)CC1. The summed E-state index contributed by atoms with van der Waals surface area (Å²) in [5.41, 5.74) is 0.476. The Morgan fingerprint density at radius 3 is 2.53 bits per heavy atom. The van der Waals surface area contributed by atoms with E-state index in [9.17, 15) is 4.79 Å². The lowest BCUT2D eigenvalue weighted by Crippen LogP contribution is -3.21. The first-order valence-corrected chi connectivity index (χ1v) is 13.1. The molecular weight excluding hydrogens is 376 g/mol. The molecule has 5 heteroatoms. The van der Waals surface area contributed by atoms with E-state index >= 15 is 0 Å². The molecule has 4 saturated heterocycles. The number of carbonyl (C=O) groups is 1. The highest BCUT2D eigenvalue weighted by Crippen LogP contribution is 2.62. The third-order valence-electron chi connectivity index (χ3n) is 10.4. The van der Waals surface area contributed by atoms with Crippen LogP contribution in [0.15, 0.2) is 0 Å². The summed E-state index contributed by atoms with van der Waals surface area (Å²) in [6, 6.07) is 0.877. The quantitative estimate of drug-likeness (QED) is 0.522. The van der Waals surface area contributed by atoms with Crippen LogP contribution in [0, 0.1) is 23.2 Å². The van der Waals surface area contributed by atoms with Crippen molar-refractivity contribution in [3.8, 4) is 0 Å². The van der Waals surface area contributed by atoms with Crippen LogP contribution in [0.5, 0.6) is 0 Å². The Kier molecular flexibility index (Phi) is 4.97. The van der Waals surface area contributed by atoms with Crippen molar-refractivity contribution in [3.05, 3.63) is 0 Å². The topological polar surface area (TPSA) is 47.7 Å². The molecule has 5 nitrogen and oxygen atoms in total. The predicted molar refractivity (Wildman–Crippen MR) is 113 cm³/mol. The van der Waals surface area contributed by atoms with Gasteiger partial charge in [-0.1, -0.05) is 6.92 Å². The summed E-state index contributed by atoms with van der Waals surface area (Å²) in [6.45, 7) is 9.72. The highest BCUT2D eigenvalue weighted by molar-refractivity contribution is 5.75. The minimum absolute atomic E-state index is 0.120. The molecule has 30 heavy (non-hydrogen) atoms. The summed E-state index contributed by atoms with van der Waals surface area (Å²) in [5, 5.41) is 0. The lowest BCUT2D eigenvalue weighted by atomic mass is 9.53. The number of ether oxygens (including phenoxy) is 2. The standard InChI is InChI=1S/C25H40N2O3/c1-24-8-5-9-25(17-29-25)22(24)14-19-20(23(28)30-21(19)15-24)16-26-12-6-18(7-13-26)27-10-3-2-4-11-27/h18-22H,2-17H2,1H3/p+2/t19-,20-,21-,22+,24-,25-/m1/s1. The lowest BCUT2D eigenvalue weighted by Gasteiger charge is -2.51. The van der Waals surface area contributed by atoms with E-state index in [4.69, 9.17) is 9.47 Å². The number of quaternary nitrogens is 2. The smallest absolute Gasteiger partial charge is 0.315 e. The number of esters is 1. The van der Waals surface area contributed by atoms with Gasteiger partial charge in [0.25, 0.3) is 0 Å².